The van der Waals surface area contributed by atoms with Crippen LogP contribution in [0.5, 0.6) is 5.88 Å². The van der Waals surface area contributed by atoms with Crippen molar-refractivity contribution in [2.45, 2.75) is 6.61 Å². The fourth-order valence-corrected chi connectivity index (χ4v) is 2.06. The summed E-state index contributed by atoms with van der Waals surface area (Å²) in [6.45, 7) is -0.674. The highest BCUT2D eigenvalue weighted by atomic mass is 35.5. The summed E-state index contributed by atoms with van der Waals surface area (Å²) in [4.78, 5) is 15.1. The highest BCUT2D eigenvalue weighted by Crippen LogP contribution is 2.35. The molecule has 1 aromatic heterocycles. The van der Waals surface area contributed by atoms with Crippen molar-refractivity contribution in [3.8, 4) is 11.9 Å². The zero-order valence-corrected chi connectivity index (χ0v) is 13.6. The number of hydrogen-bond acceptors (Lipinski definition) is 6. The Kier molecular flexibility index (Phi) is 5.79. The Hall–Kier alpha value is -2.56. The Bertz CT molecular complexity index is 824. The summed E-state index contributed by atoms with van der Waals surface area (Å²) in [5, 5.41) is 8.31. The van der Waals surface area contributed by atoms with E-state index in [0.29, 0.717) is 11.1 Å². The minimum atomic E-state index is -1.06. The number of carbonyl (C=O) groups excluding carboxylic acids is 1. The Labute approximate surface area is 146 Å². The van der Waals surface area contributed by atoms with Gasteiger partial charge < -0.3 is 15.2 Å². The van der Waals surface area contributed by atoms with Crippen LogP contribution in [0.15, 0.2) is 24.3 Å². The van der Waals surface area contributed by atoms with Crippen LogP contribution >= 0.6 is 23.2 Å². The number of pyridine rings is 1. The maximum Gasteiger partial charge on any atom is 0.344 e. The third-order valence-electron chi connectivity index (χ3n) is 2.89. The topological polar surface area (TPSA) is 98.2 Å². The number of hydrogen-bond donors (Lipinski definition) is 1. The summed E-state index contributed by atoms with van der Waals surface area (Å²) in [7, 11) is 0. The number of ether oxygens (including phenoxy) is 2. The monoisotopic (exact) mass is 369 g/mol. The average molecular weight is 370 g/mol. The minimum absolute atomic E-state index is 0.107. The molecule has 0 atom stereocenters. The van der Waals surface area contributed by atoms with Gasteiger partial charge in [-0.2, -0.15) is 14.6 Å². The van der Waals surface area contributed by atoms with Gasteiger partial charge in [-0.1, -0.05) is 41.4 Å². The van der Waals surface area contributed by atoms with Gasteiger partial charge in [-0.25, -0.2) is 4.79 Å². The summed E-state index contributed by atoms with van der Waals surface area (Å²) in [6.07, 6.45) is 0. The van der Waals surface area contributed by atoms with Crippen molar-refractivity contribution >= 4 is 34.9 Å². The Balaban J connectivity index is 1.96. The maximum atomic E-state index is 13.4. The van der Waals surface area contributed by atoms with Crippen molar-refractivity contribution < 1.29 is 18.7 Å². The molecule has 2 N–H and O–H groups in total. The fourth-order valence-electron chi connectivity index (χ4n) is 1.69. The first-order valence-corrected chi connectivity index (χ1v) is 7.26. The SMILES string of the molecule is N#Cc1ccccc1COC(=O)COc1nc(F)c(Cl)c(N)c1Cl. The largest absolute Gasteiger partial charge is 0.464 e. The first-order valence-electron chi connectivity index (χ1n) is 6.50. The summed E-state index contributed by atoms with van der Waals surface area (Å²) >= 11 is 11.4. The van der Waals surface area contributed by atoms with E-state index in [1.165, 1.54) is 0 Å². The number of nitrogens with two attached hydrogens (primary N) is 1. The maximum absolute atomic E-state index is 13.4. The first-order chi connectivity index (χ1) is 11.4. The molecule has 0 saturated heterocycles. The second kappa shape index (κ2) is 7.81. The molecule has 1 aromatic carbocycles. The molecule has 9 heteroatoms. The van der Waals surface area contributed by atoms with Crippen molar-refractivity contribution in [2.75, 3.05) is 12.3 Å². The number of carbonyl (C=O) groups is 1. The quantitative estimate of drug-likeness (QED) is 0.642. The molecule has 0 fully saturated rings. The Morgan fingerprint density at radius 2 is 2.04 bits per heavy atom. The predicted molar refractivity (Wildman–Crippen MR) is 85.1 cm³/mol. The second-order valence-corrected chi connectivity index (χ2v) is 5.22. The van der Waals surface area contributed by atoms with Crippen LogP contribution in [0.2, 0.25) is 10.0 Å². The van der Waals surface area contributed by atoms with E-state index in [2.05, 4.69) is 4.98 Å². The van der Waals surface area contributed by atoms with Crippen molar-refractivity contribution in [1.82, 2.24) is 4.98 Å². The molecule has 24 heavy (non-hydrogen) atoms. The van der Waals surface area contributed by atoms with Crippen molar-refractivity contribution in [1.29, 1.82) is 5.26 Å². The Morgan fingerprint density at radius 3 is 2.75 bits per heavy atom. The van der Waals surface area contributed by atoms with Crippen LogP contribution in [0.1, 0.15) is 11.1 Å². The number of halogens is 3. The zero-order valence-electron chi connectivity index (χ0n) is 12.1. The zero-order chi connectivity index (χ0) is 17.7. The van der Waals surface area contributed by atoms with Crippen molar-refractivity contribution in [3.63, 3.8) is 0 Å². The molecular formula is C15H10Cl2FN3O3. The van der Waals surface area contributed by atoms with E-state index >= 15 is 0 Å². The van der Waals surface area contributed by atoms with E-state index in [9.17, 15) is 9.18 Å². The van der Waals surface area contributed by atoms with Crippen molar-refractivity contribution in [2.24, 2.45) is 0 Å². The number of rotatable bonds is 5. The van der Waals surface area contributed by atoms with E-state index in [-0.39, 0.29) is 23.2 Å². The lowest BCUT2D eigenvalue weighted by atomic mass is 10.1. The molecule has 0 unspecified atom stereocenters. The average Bonchev–Trinajstić information content (AvgIpc) is 2.60. The van der Waals surface area contributed by atoms with Gasteiger partial charge in [0.1, 0.15) is 16.7 Å². The van der Waals surface area contributed by atoms with Crippen LogP contribution < -0.4 is 10.5 Å². The molecule has 0 radical (unpaired) electrons. The molecule has 2 aromatic rings. The summed E-state index contributed by atoms with van der Waals surface area (Å²) in [6, 6.07) is 8.64. The van der Waals surface area contributed by atoms with Gasteiger partial charge in [0.25, 0.3) is 0 Å². The molecule has 2 rings (SSSR count). The molecule has 0 bridgehead atoms. The number of nitriles is 1. The van der Waals surface area contributed by atoms with Gasteiger partial charge in [-0.05, 0) is 6.07 Å². The van der Waals surface area contributed by atoms with Gasteiger partial charge >= 0.3 is 5.97 Å². The standard InChI is InChI=1S/C15H10Cl2FN3O3/c16-11-13(20)12(17)15(21-14(11)18)24-7-10(22)23-6-9-4-2-1-3-8(9)5-19/h1-4H,6-7H2,(H2,20,21). The summed E-state index contributed by atoms with van der Waals surface area (Å²) in [5.41, 5.74) is 6.19. The van der Waals surface area contributed by atoms with Gasteiger partial charge in [0.15, 0.2) is 6.61 Å². The molecule has 6 nitrogen and oxygen atoms in total. The third-order valence-corrected chi connectivity index (χ3v) is 3.62. The second-order valence-electron chi connectivity index (χ2n) is 4.47. The van der Waals surface area contributed by atoms with Crippen LogP contribution in [-0.4, -0.2) is 17.6 Å². The van der Waals surface area contributed by atoms with Gasteiger partial charge in [-0.15, -0.1) is 0 Å². The molecule has 0 spiro atoms. The molecule has 0 aliphatic heterocycles. The lowest BCUT2D eigenvalue weighted by molar-refractivity contribution is -0.147. The van der Waals surface area contributed by atoms with Crippen LogP contribution in [0.25, 0.3) is 0 Å². The molecule has 0 amide bonds. The van der Waals surface area contributed by atoms with Crippen molar-refractivity contribution in [3.05, 3.63) is 51.4 Å². The van der Waals surface area contributed by atoms with E-state index in [1.807, 2.05) is 6.07 Å². The fraction of sp³-hybridized carbons (Fsp3) is 0.133. The number of esters is 1. The molecule has 0 aliphatic carbocycles. The normalized spacial score (nSPS) is 10.1. The first kappa shape index (κ1) is 17.8. The smallest absolute Gasteiger partial charge is 0.344 e. The van der Waals surface area contributed by atoms with E-state index in [4.69, 9.17) is 43.7 Å². The lowest BCUT2D eigenvalue weighted by Gasteiger charge is -2.10. The highest BCUT2D eigenvalue weighted by Gasteiger charge is 2.17. The number of anilines is 1. The predicted octanol–water partition coefficient (Wildman–Crippen LogP) is 3.10. The van der Waals surface area contributed by atoms with E-state index in [0.717, 1.165) is 0 Å². The van der Waals surface area contributed by atoms with Crippen LogP contribution in [0, 0.1) is 17.3 Å². The molecular weight excluding hydrogens is 360 g/mol. The number of nitrogens with zero attached hydrogens (tertiary/aromatic N) is 2. The number of benzene rings is 1. The molecule has 0 saturated carbocycles. The van der Waals surface area contributed by atoms with Crippen LogP contribution in [0.4, 0.5) is 10.1 Å². The van der Waals surface area contributed by atoms with Crippen LogP contribution in [0.3, 0.4) is 0 Å². The number of nitrogen functional groups attached to an aromatic ring is 1. The number of aromatic nitrogens is 1. The highest BCUT2D eigenvalue weighted by molar-refractivity contribution is 6.39. The van der Waals surface area contributed by atoms with Crippen LogP contribution in [-0.2, 0) is 16.1 Å². The van der Waals surface area contributed by atoms with Gasteiger partial charge in [0.2, 0.25) is 11.8 Å². The Morgan fingerprint density at radius 1 is 1.33 bits per heavy atom. The molecule has 0 aliphatic rings. The van der Waals surface area contributed by atoms with Gasteiger partial charge in [0, 0.05) is 5.56 Å². The van der Waals surface area contributed by atoms with Gasteiger partial charge in [-0.3, -0.25) is 0 Å². The molecule has 1 heterocycles. The summed E-state index contributed by atoms with van der Waals surface area (Å²) < 4.78 is 23.4. The van der Waals surface area contributed by atoms with Gasteiger partial charge in [0.05, 0.1) is 17.3 Å². The minimum Gasteiger partial charge on any atom is -0.464 e. The third kappa shape index (κ3) is 4.04. The van der Waals surface area contributed by atoms with E-state index in [1.54, 1.807) is 24.3 Å². The van der Waals surface area contributed by atoms with E-state index < -0.39 is 23.5 Å². The summed E-state index contributed by atoms with van der Waals surface area (Å²) in [5.74, 6) is -2.19. The molecule has 124 valence electrons. The lowest BCUT2D eigenvalue weighted by Crippen LogP contribution is -2.16.